The number of halogens is 2. The number of benzene rings is 1. The van der Waals surface area contributed by atoms with E-state index in [2.05, 4.69) is 37.2 Å². The summed E-state index contributed by atoms with van der Waals surface area (Å²) in [5.74, 6) is -1.00. The molecule has 0 radical (unpaired) electrons. The van der Waals surface area contributed by atoms with Gasteiger partial charge in [0.15, 0.2) is 0 Å². The summed E-state index contributed by atoms with van der Waals surface area (Å²) in [6.45, 7) is 0.129. The zero-order valence-electron chi connectivity index (χ0n) is 11.8. The van der Waals surface area contributed by atoms with Gasteiger partial charge in [-0.3, -0.25) is 4.79 Å². The van der Waals surface area contributed by atoms with E-state index in [4.69, 9.17) is 9.84 Å². The third-order valence-corrected chi connectivity index (χ3v) is 6.26. The molecule has 122 valence electrons. The highest BCUT2D eigenvalue weighted by Gasteiger charge is 2.21. The van der Waals surface area contributed by atoms with Gasteiger partial charge in [-0.1, -0.05) is 30.3 Å². The molecule has 8 heteroatoms. The SMILES string of the molecule is O=C(O)C[C@@H](NC(=O)OCc1ccccc1)c1cc(Br)c(Br)s1. The monoisotopic (exact) mass is 461 g/mol. The van der Waals surface area contributed by atoms with Gasteiger partial charge in [-0.05, 0) is 43.5 Å². The average molecular weight is 463 g/mol. The van der Waals surface area contributed by atoms with Crippen LogP contribution in [0.3, 0.4) is 0 Å². The van der Waals surface area contributed by atoms with Crippen LogP contribution in [0, 0.1) is 0 Å². The largest absolute Gasteiger partial charge is 0.481 e. The van der Waals surface area contributed by atoms with Crippen molar-refractivity contribution in [2.45, 2.75) is 19.1 Å². The number of carboxylic acid groups (broad SMARTS) is 1. The molecule has 2 N–H and O–H groups in total. The van der Waals surface area contributed by atoms with Crippen LogP contribution in [-0.4, -0.2) is 17.2 Å². The van der Waals surface area contributed by atoms with Crippen LogP contribution in [-0.2, 0) is 16.1 Å². The van der Waals surface area contributed by atoms with Gasteiger partial charge in [0.05, 0.1) is 16.2 Å². The van der Waals surface area contributed by atoms with Gasteiger partial charge in [0.1, 0.15) is 6.61 Å². The van der Waals surface area contributed by atoms with E-state index >= 15 is 0 Å². The number of aliphatic carboxylic acids is 1. The van der Waals surface area contributed by atoms with E-state index in [1.165, 1.54) is 11.3 Å². The minimum atomic E-state index is -1.00. The molecule has 0 fully saturated rings. The van der Waals surface area contributed by atoms with Crippen molar-refractivity contribution in [2.75, 3.05) is 0 Å². The molecular formula is C15H13Br2NO4S. The molecule has 1 heterocycles. The van der Waals surface area contributed by atoms with Gasteiger partial charge in [0.25, 0.3) is 0 Å². The summed E-state index contributed by atoms with van der Waals surface area (Å²) in [6.07, 6.45) is -0.874. The lowest BCUT2D eigenvalue weighted by Gasteiger charge is -2.15. The first-order valence-corrected chi connectivity index (χ1v) is 8.99. The Bertz CT molecular complexity index is 671. The quantitative estimate of drug-likeness (QED) is 0.651. The van der Waals surface area contributed by atoms with Crippen LogP contribution in [0.5, 0.6) is 0 Å². The summed E-state index contributed by atoms with van der Waals surface area (Å²) < 4.78 is 6.78. The first-order valence-electron chi connectivity index (χ1n) is 6.59. The number of hydrogen-bond acceptors (Lipinski definition) is 4. The molecule has 0 saturated carbocycles. The van der Waals surface area contributed by atoms with Crippen LogP contribution in [0.15, 0.2) is 44.7 Å². The number of amides is 1. The minimum absolute atomic E-state index is 0.129. The van der Waals surface area contributed by atoms with Crippen LogP contribution in [0.1, 0.15) is 22.9 Å². The van der Waals surface area contributed by atoms with Crippen molar-refractivity contribution in [1.29, 1.82) is 0 Å². The first-order chi connectivity index (χ1) is 11.0. The Kier molecular flexibility index (Phi) is 6.61. The van der Waals surface area contributed by atoms with Gasteiger partial charge in [-0.2, -0.15) is 0 Å². The van der Waals surface area contributed by atoms with Crippen LogP contribution >= 0.6 is 43.2 Å². The third-order valence-electron chi connectivity index (χ3n) is 2.89. The lowest BCUT2D eigenvalue weighted by molar-refractivity contribution is -0.137. The van der Waals surface area contributed by atoms with Crippen LogP contribution in [0.25, 0.3) is 0 Å². The maximum Gasteiger partial charge on any atom is 0.407 e. The Morgan fingerprint density at radius 2 is 1.96 bits per heavy atom. The number of carbonyl (C=O) groups excluding carboxylic acids is 1. The highest BCUT2D eigenvalue weighted by Crippen LogP contribution is 2.36. The van der Waals surface area contributed by atoms with Crippen LogP contribution in [0.2, 0.25) is 0 Å². The molecule has 23 heavy (non-hydrogen) atoms. The zero-order valence-corrected chi connectivity index (χ0v) is 15.8. The number of alkyl carbamates (subject to hydrolysis) is 1. The maximum atomic E-state index is 11.9. The summed E-state index contributed by atoms with van der Waals surface area (Å²) in [4.78, 5) is 23.7. The topological polar surface area (TPSA) is 75.6 Å². The van der Waals surface area contributed by atoms with E-state index in [1.54, 1.807) is 6.07 Å². The zero-order chi connectivity index (χ0) is 16.8. The molecule has 0 saturated heterocycles. The van der Waals surface area contributed by atoms with Crippen molar-refractivity contribution in [3.05, 3.63) is 55.1 Å². The molecule has 2 aromatic rings. The first kappa shape index (κ1) is 18.0. The second kappa shape index (κ2) is 8.47. The van der Waals surface area contributed by atoms with Gasteiger partial charge in [-0.15, -0.1) is 11.3 Å². The number of ether oxygens (including phenoxy) is 1. The van der Waals surface area contributed by atoms with Gasteiger partial charge in [0, 0.05) is 9.35 Å². The Labute approximate surface area is 153 Å². The summed E-state index contributed by atoms with van der Waals surface area (Å²) in [5, 5.41) is 11.6. The number of rotatable bonds is 6. The van der Waals surface area contributed by atoms with E-state index in [-0.39, 0.29) is 13.0 Å². The Balaban J connectivity index is 1.99. The molecule has 0 unspecified atom stereocenters. The molecule has 2 rings (SSSR count). The normalized spacial score (nSPS) is 11.7. The van der Waals surface area contributed by atoms with Crippen molar-refractivity contribution in [3.8, 4) is 0 Å². The van der Waals surface area contributed by atoms with E-state index in [0.29, 0.717) is 0 Å². The van der Waals surface area contributed by atoms with Crippen molar-refractivity contribution in [3.63, 3.8) is 0 Å². The van der Waals surface area contributed by atoms with Crippen molar-refractivity contribution in [2.24, 2.45) is 0 Å². The number of hydrogen-bond donors (Lipinski definition) is 2. The van der Waals surface area contributed by atoms with Crippen molar-refractivity contribution in [1.82, 2.24) is 5.32 Å². The summed E-state index contributed by atoms with van der Waals surface area (Å²) in [7, 11) is 0. The predicted octanol–water partition coefficient (Wildman–Crippen LogP) is 4.72. The minimum Gasteiger partial charge on any atom is -0.481 e. The molecule has 5 nitrogen and oxygen atoms in total. The van der Waals surface area contributed by atoms with E-state index < -0.39 is 18.1 Å². The lowest BCUT2D eigenvalue weighted by Crippen LogP contribution is -2.30. The van der Waals surface area contributed by atoms with E-state index in [9.17, 15) is 9.59 Å². The average Bonchev–Trinajstić information content (AvgIpc) is 2.85. The molecule has 0 aliphatic rings. The maximum absolute atomic E-state index is 11.9. The third kappa shape index (κ3) is 5.63. The molecule has 0 aliphatic carbocycles. The molecule has 0 bridgehead atoms. The van der Waals surface area contributed by atoms with E-state index in [1.807, 2.05) is 30.3 Å². The predicted molar refractivity (Wildman–Crippen MR) is 94.5 cm³/mol. The Morgan fingerprint density at radius 1 is 1.26 bits per heavy atom. The fraction of sp³-hybridized carbons (Fsp3) is 0.200. The molecular weight excluding hydrogens is 450 g/mol. The standard InChI is InChI=1S/C15H13Br2NO4S/c16-10-6-12(23-14(10)17)11(7-13(19)20)18-15(21)22-8-9-4-2-1-3-5-9/h1-6,11H,7-8H2,(H,18,21)(H,19,20)/t11-/m1/s1. The number of thiophene rings is 1. The number of carboxylic acids is 1. The van der Waals surface area contributed by atoms with Gasteiger partial charge < -0.3 is 15.2 Å². The van der Waals surface area contributed by atoms with Crippen LogP contribution in [0.4, 0.5) is 4.79 Å². The Hall–Kier alpha value is -1.38. The smallest absolute Gasteiger partial charge is 0.407 e. The molecule has 0 aliphatic heterocycles. The highest BCUT2D eigenvalue weighted by molar-refractivity contribution is 9.13. The molecule has 1 aromatic carbocycles. The van der Waals surface area contributed by atoms with Crippen molar-refractivity contribution >= 4 is 55.3 Å². The molecule has 1 amide bonds. The lowest BCUT2D eigenvalue weighted by atomic mass is 10.2. The van der Waals surface area contributed by atoms with Gasteiger partial charge in [-0.25, -0.2) is 4.79 Å². The fourth-order valence-corrected chi connectivity index (χ4v) is 3.98. The van der Waals surface area contributed by atoms with E-state index in [0.717, 1.165) is 18.7 Å². The second-order valence-electron chi connectivity index (χ2n) is 4.63. The molecule has 1 atom stereocenters. The number of carbonyl (C=O) groups is 2. The molecule has 1 aromatic heterocycles. The van der Waals surface area contributed by atoms with Crippen LogP contribution < -0.4 is 5.32 Å². The fourth-order valence-electron chi connectivity index (χ4n) is 1.84. The number of nitrogens with one attached hydrogen (secondary N) is 1. The highest BCUT2D eigenvalue weighted by atomic mass is 79.9. The van der Waals surface area contributed by atoms with Crippen molar-refractivity contribution < 1.29 is 19.4 Å². The van der Waals surface area contributed by atoms with Gasteiger partial charge in [0.2, 0.25) is 0 Å². The second-order valence-corrected chi connectivity index (χ2v) is 7.88. The summed E-state index contributed by atoms with van der Waals surface area (Å²) in [6, 6.07) is 10.4. The Morgan fingerprint density at radius 3 is 2.52 bits per heavy atom. The summed E-state index contributed by atoms with van der Waals surface area (Å²) >= 11 is 8.07. The van der Waals surface area contributed by atoms with Gasteiger partial charge >= 0.3 is 12.1 Å². The summed E-state index contributed by atoms with van der Waals surface area (Å²) in [5.41, 5.74) is 0.860. The molecule has 0 spiro atoms.